The average molecular weight is 498 g/mol. The van der Waals surface area contributed by atoms with E-state index in [1.165, 1.54) is 5.69 Å². The van der Waals surface area contributed by atoms with Gasteiger partial charge in [-0.05, 0) is 50.6 Å². The monoisotopic (exact) mass is 497 g/mol. The SMILES string of the molecule is COc1ccccc1N1CCN(CCCCNc2cccc3oc(-c4ccccc4)c(C)c(=O)c23)CC1. The normalized spacial score (nSPS) is 14.2. The molecule has 37 heavy (non-hydrogen) atoms. The van der Waals surface area contributed by atoms with E-state index in [2.05, 4.69) is 27.2 Å². The lowest BCUT2D eigenvalue weighted by molar-refractivity contribution is 0.253. The van der Waals surface area contributed by atoms with Crippen molar-refractivity contribution in [2.75, 3.05) is 56.6 Å². The molecule has 2 heterocycles. The molecule has 1 fully saturated rings. The molecule has 1 saturated heterocycles. The minimum atomic E-state index is 0.0242. The van der Waals surface area contributed by atoms with Crippen molar-refractivity contribution in [3.8, 4) is 17.1 Å². The highest BCUT2D eigenvalue weighted by molar-refractivity contribution is 5.91. The van der Waals surface area contributed by atoms with Gasteiger partial charge < -0.3 is 19.4 Å². The molecular weight excluding hydrogens is 462 g/mol. The maximum absolute atomic E-state index is 13.3. The fourth-order valence-corrected chi connectivity index (χ4v) is 5.13. The third kappa shape index (κ3) is 5.49. The van der Waals surface area contributed by atoms with Crippen LogP contribution in [0.15, 0.2) is 82.0 Å². The molecular formula is C31H35N3O3. The molecule has 5 rings (SSSR count). The summed E-state index contributed by atoms with van der Waals surface area (Å²) in [6, 6.07) is 23.8. The van der Waals surface area contributed by atoms with Crippen LogP contribution in [0.5, 0.6) is 5.75 Å². The van der Waals surface area contributed by atoms with E-state index in [1.807, 2.05) is 67.6 Å². The molecule has 6 heteroatoms. The Bertz CT molecular complexity index is 1390. The number of benzene rings is 3. The summed E-state index contributed by atoms with van der Waals surface area (Å²) in [6.07, 6.45) is 2.15. The first-order chi connectivity index (χ1) is 18.2. The number of hydrogen-bond donors (Lipinski definition) is 1. The highest BCUT2D eigenvalue weighted by atomic mass is 16.5. The predicted molar refractivity (Wildman–Crippen MR) is 152 cm³/mol. The summed E-state index contributed by atoms with van der Waals surface area (Å²) in [4.78, 5) is 18.2. The van der Waals surface area contributed by atoms with Crippen LogP contribution in [-0.4, -0.2) is 51.3 Å². The summed E-state index contributed by atoms with van der Waals surface area (Å²) in [5, 5.41) is 4.12. The lowest BCUT2D eigenvalue weighted by Crippen LogP contribution is -2.46. The molecule has 0 spiro atoms. The standard InChI is InChI=1S/C31H35N3O3/c1-23-30(35)29-25(13-10-16-28(29)37-31(23)24-11-4-3-5-12-24)32-17-8-9-18-33-19-21-34(22-20-33)26-14-6-7-15-27(26)36-2/h3-7,10-16,32H,8-9,17-22H2,1-2H3. The van der Waals surface area contributed by atoms with E-state index >= 15 is 0 Å². The average Bonchev–Trinajstić information content (AvgIpc) is 2.95. The molecule has 1 aliphatic rings. The number of anilines is 2. The number of nitrogens with one attached hydrogen (secondary N) is 1. The van der Waals surface area contributed by atoms with E-state index < -0.39 is 0 Å². The second kappa shape index (κ2) is 11.5. The van der Waals surface area contributed by atoms with Gasteiger partial charge in [0.05, 0.1) is 18.2 Å². The minimum absolute atomic E-state index is 0.0242. The van der Waals surface area contributed by atoms with Crippen LogP contribution in [0.4, 0.5) is 11.4 Å². The Morgan fingerprint density at radius 1 is 0.892 bits per heavy atom. The van der Waals surface area contributed by atoms with Crippen LogP contribution in [0.1, 0.15) is 18.4 Å². The maximum atomic E-state index is 13.3. The Balaban J connectivity index is 1.14. The van der Waals surface area contributed by atoms with Crippen LogP contribution in [-0.2, 0) is 0 Å². The molecule has 0 unspecified atom stereocenters. The summed E-state index contributed by atoms with van der Waals surface area (Å²) >= 11 is 0. The van der Waals surface area contributed by atoms with Gasteiger partial charge in [0.1, 0.15) is 17.1 Å². The molecule has 6 nitrogen and oxygen atoms in total. The first-order valence-corrected chi connectivity index (χ1v) is 13.1. The lowest BCUT2D eigenvalue weighted by atomic mass is 10.0. The number of fused-ring (bicyclic) bond motifs is 1. The number of methoxy groups -OCH3 is 1. The zero-order chi connectivity index (χ0) is 25.6. The Morgan fingerprint density at radius 2 is 1.65 bits per heavy atom. The van der Waals surface area contributed by atoms with Gasteiger partial charge in [0.2, 0.25) is 0 Å². The summed E-state index contributed by atoms with van der Waals surface area (Å²) in [5.74, 6) is 1.58. The van der Waals surface area contributed by atoms with Gasteiger partial charge in [-0.1, -0.05) is 48.5 Å². The highest BCUT2D eigenvalue weighted by Crippen LogP contribution is 2.29. The molecule has 1 aliphatic heterocycles. The van der Waals surface area contributed by atoms with Gasteiger partial charge in [-0.3, -0.25) is 9.69 Å². The van der Waals surface area contributed by atoms with Crippen LogP contribution in [0.25, 0.3) is 22.3 Å². The fraction of sp³-hybridized carbons (Fsp3) is 0.323. The molecule has 0 radical (unpaired) electrons. The molecule has 4 aromatic rings. The van der Waals surface area contributed by atoms with Gasteiger partial charge in [0.25, 0.3) is 0 Å². The Morgan fingerprint density at radius 3 is 2.43 bits per heavy atom. The first-order valence-electron chi connectivity index (χ1n) is 13.1. The molecule has 0 bridgehead atoms. The summed E-state index contributed by atoms with van der Waals surface area (Å²) < 4.78 is 11.7. The lowest BCUT2D eigenvalue weighted by Gasteiger charge is -2.36. The molecule has 1 aromatic heterocycles. The van der Waals surface area contributed by atoms with Gasteiger partial charge in [-0.25, -0.2) is 0 Å². The van der Waals surface area contributed by atoms with E-state index in [1.54, 1.807) is 7.11 Å². The number of nitrogens with zero attached hydrogens (tertiary/aromatic N) is 2. The molecule has 0 atom stereocenters. The molecule has 0 aliphatic carbocycles. The largest absolute Gasteiger partial charge is 0.495 e. The fourth-order valence-electron chi connectivity index (χ4n) is 5.13. The third-order valence-corrected chi connectivity index (χ3v) is 7.20. The highest BCUT2D eigenvalue weighted by Gasteiger charge is 2.19. The van der Waals surface area contributed by atoms with Crippen LogP contribution >= 0.6 is 0 Å². The van der Waals surface area contributed by atoms with Crippen molar-refractivity contribution in [1.82, 2.24) is 4.90 Å². The van der Waals surface area contributed by atoms with Crippen molar-refractivity contribution in [2.45, 2.75) is 19.8 Å². The van der Waals surface area contributed by atoms with E-state index in [-0.39, 0.29) is 5.43 Å². The Labute approximate surface area is 218 Å². The summed E-state index contributed by atoms with van der Waals surface area (Å²) in [6.45, 7) is 7.87. The maximum Gasteiger partial charge on any atom is 0.198 e. The molecule has 0 saturated carbocycles. The Hall–Kier alpha value is -3.77. The van der Waals surface area contributed by atoms with Gasteiger partial charge in [0.15, 0.2) is 5.43 Å². The first kappa shape index (κ1) is 24.9. The number of piperazine rings is 1. The molecule has 1 N–H and O–H groups in total. The van der Waals surface area contributed by atoms with Gasteiger partial charge in [-0.2, -0.15) is 0 Å². The van der Waals surface area contributed by atoms with Crippen molar-refractivity contribution >= 4 is 22.3 Å². The number of rotatable bonds is 9. The van der Waals surface area contributed by atoms with Crippen LogP contribution in [0.3, 0.4) is 0 Å². The van der Waals surface area contributed by atoms with Crippen LogP contribution in [0, 0.1) is 6.92 Å². The van der Waals surface area contributed by atoms with Crippen LogP contribution in [0.2, 0.25) is 0 Å². The molecule has 3 aromatic carbocycles. The Kier molecular flexibility index (Phi) is 7.76. The number of para-hydroxylation sites is 2. The molecule has 192 valence electrons. The van der Waals surface area contributed by atoms with E-state index in [0.29, 0.717) is 22.3 Å². The van der Waals surface area contributed by atoms with Crippen molar-refractivity contribution in [2.24, 2.45) is 0 Å². The number of hydrogen-bond acceptors (Lipinski definition) is 6. The second-order valence-corrected chi connectivity index (χ2v) is 9.56. The topological polar surface area (TPSA) is 58.0 Å². The predicted octanol–water partition coefficient (Wildman–Crippen LogP) is 5.79. The van der Waals surface area contributed by atoms with Gasteiger partial charge in [-0.15, -0.1) is 0 Å². The van der Waals surface area contributed by atoms with E-state index in [0.717, 1.165) is 69.1 Å². The number of unbranched alkanes of at least 4 members (excludes halogenated alkanes) is 1. The van der Waals surface area contributed by atoms with Gasteiger partial charge >= 0.3 is 0 Å². The van der Waals surface area contributed by atoms with Crippen molar-refractivity contribution in [3.63, 3.8) is 0 Å². The van der Waals surface area contributed by atoms with E-state index in [9.17, 15) is 4.79 Å². The zero-order valence-electron chi connectivity index (χ0n) is 21.7. The third-order valence-electron chi connectivity index (χ3n) is 7.20. The minimum Gasteiger partial charge on any atom is -0.495 e. The second-order valence-electron chi connectivity index (χ2n) is 9.56. The quantitative estimate of drug-likeness (QED) is 0.295. The smallest absolute Gasteiger partial charge is 0.198 e. The van der Waals surface area contributed by atoms with E-state index in [4.69, 9.17) is 9.15 Å². The van der Waals surface area contributed by atoms with Crippen molar-refractivity contribution < 1.29 is 9.15 Å². The zero-order valence-corrected chi connectivity index (χ0v) is 21.7. The van der Waals surface area contributed by atoms with Crippen LogP contribution < -0.4 is 20.4 Å². The number of ether oxygens (including phenoxy) is 1. The van der Waals surface area contributed by atoms with Crippen molar-refractivity contribution in [3.05, 3.63) is 88.6 Å². The summed E-state index contributed by atoms with van der Waals surface area (Å²) in [5.41, 5.74) is 4.23. The van der Waals surface area contributed by atoms with Gasteiger partial charge in [0, 0.05) is 49.5 Å². The summed E-state index contributed by atoms with van der Waals surface area (Å²) in [7, 11) is 1.73. The van der Waals surface area contributed by atoms with Crippen molar-refractivity contribution in [1.29, 1.82) is 0 Å². The molecule has 0 amide bonds.